The van der Waals surface area contributed by atoms with Crippen molar-refractivity contribution in [3.05, 3.63) is 18.0 Å². The molecule has 0 radical (unpaired) electrons. The number of hydrogen-bond donors (Lipinski definition) is 1. The summed E-state index contributed by atoms with van der Waals surface area (Å²) in [5.41, 5.74) is 0.128. The Labute approximate surface area is 91.1 Å². The van der Waals surface area contributed by atoms with Gasteiger partial charge in [0, 0.05) is 13.2 Å². The Balaban J connectivity index is 2.32. The van der Waals surface area contributed by atoms with Crippen molar-refractivity contribution in [2.45, 2.75) is 38.7 Å². The van der Waals surface area contributed by atoms with Crippen molar-refractivity contribution < 1.29 is 5.11 Å². The monoisotopic (exact) mass is 208 g/mol. The van der Waals surface area contributed by atoms with Gasteiger partial charge in [-0.15, -0.1) is 0 Å². The molecule has 15 heavy (non-hydrogen) atoms. The molecule has 1 N–H and O–H groups in total. The third-order valence-corrected chi connectivity index (χ3v) is 3.98. The Morgan fingerprint density at radius 1 is 1.53 bits per heavy atom. The molecular formula is C12H20N2O. The Morgan fingerprint density at radius 2 is 2.27 bits per heavy atom. The number of hydrogen-bond acceptors (Lipinski definition) is 2. The van der Waals surface area contributed by atoms with Crippen LogP contribution < -0.4 is 0 Å². The highest BCUT2D eigenvalue weighted by Crippen LogP contribution is 2.43. The summed E-state index contributed by atoms with van der Waals surface area (Å²) in [4.78, 5) is 0. The number of nitrogens with zero attached hydrogens (tertiary/aromatic N) is 2. The summed E-state index contributed by atoms with van der Waals surface area (Å²) in [6, 6.07) is 1.94. The molecule has 1 aliphatic carbocycles. The van der Waals surface area contributed by atoms with E-state index in [-0.39, 0.29) is 0 Å². The minimum atomic E-state index is -0.709. The molecular weight excluding hydrogens is 188 g/mol. The number of aliphatic hydroxyl groups is 1. The van der Waals surface area contributed by atoms with E-state index >= 15 is 0 Å². The third kappa shape index (κ3) is 1.69. The van der Waals surface area contributed by atoms with Gasteiger partial charge in [-0.05, 0) is 30.7 Å². The van der Waals surface area contributed by atoms with Crippen molar-refractivity contribution in [3.63, 3.8) is 0 Å². The molecule has 0 aliphatic heterocycles. The molecule has 1 aliphatic rings. The van der Waals surface area contributed by atoms with Gasteiger partial charge in [0.15, 0.2) is 0 Å². The summed E-state index contributed by atoms with van der Waals surface area (Å²) in [5.74, 6) is 0.868. The largest absolute Gasteiger partial charge is 0.383 e. The average molecular weight is 208 g/mol. The topological polar surface area (TPSA) is 38.0 Å². The molecule has 0 aromatic carbocycles. The van der Waals surface area contributed by atoms with Crippen LogP contribution >= 0.6 is 0 Å². The van der Waals surface area contributed by atoms with Gasteiger partial charge in [-0.25, -0.2) is 0 Å². The Hall–Kier alpha value is -0.830. The van der Waals surface area contributed by atoms with E-state index < -0.39 is 5.60 Å². The summed E-state index contributed by atoms with van der Waals surface area (Å²) in [5, 5.41) is 15.1. The highest BCUT2D eigenvalue weighted by atomic mass is 16.3. The first-order chi connectivity index (χ1) is 7.04. The SMILES string of the molecule is CC1CCCC(O)(c2ccn(C)n2)C1C. The Bertz CT molecular complexity index is 347. The van der Waals surface area contributed by atoms with E-state index in [4.69, 9.17) is 0 Å². The van der Waals surface area contributed by atoms with Crippen molar-refractivity contribution >= 4 is 0 Å². The molecule has 3 heteroatoms. The van der Waals surface area contributed by atoms with Gasteiger partial charge in [-0.2, -0.15) is 5.10 Å². The fourth-order valence-electron chi connectivity index (χ4n) is 2.65. The van der Waals surface area contributed by atoms with Crippen LogP contribution in [-0.2, 0) is 12.6 Å². The summed E-state index contributed by atoms with van der Waals surface area (Å²) in [6.45, 7) is 4.36. The maximum atomic E-state index is 10.7. The van der Waals surface area contributed by atoms with Crippen LogP contribution in [0.1, 0.15) is 38.8 Å². The highest BCUT2D eigenvalue weighted by Gasteiger charge is 2.42. The van der Waals surface area contributed by atoms with Crippen LogP contribution in [0, 0.1) is 11.8 Å². The smallest absolute Gasteiger partial charge is 0.111 e. The first kappa shape index (κ1) is 10.7. The molecule has 1 heterocycles. The number of rotatable bonds is 1. The van der Waals surface area contributed by atoms with Crippen LogP contribution in [-0.4, -0.2) is 14.9 Å². The quantitative estimate of drug-likeness (QED) is 0.767. The zero-order valence-corrected chi connectivity index (χ0v) is 9.77. The first-order valence-corrected chi connectivity index (χ1v) is 5.76. The maximum Gasteiger partial charge on any atom is 0.111 e. The lowest BCUT2D eigenvalue weighted by molar-refractivity contribution is -0.0724. The van der Waals surface area contributed by atoms with Crippen molar-refractivity contribution in [2.24, 2.45) is 18.9 Å². The van der Waals surface area contributed by atoms with Gasteiger partial charge in [0.1, 0.15) is 5.60 Å². The fourth-order valence-corrected chi connectivity index (χ4v) is 2.65. The Morgan fingerprint density at radius 3 is 2.87 bits per heavy atom. The summed E-state index contributed by atoms with van der Waals surface area (Å²) in [7, 11) is 1.89. The lowest BCUT2D eigenvalue weighted by atomic mass is 9.69. The van der Waals surface area contributed by atoms with E-state index in [2.05, 4.69) is 18.9 Å². The molecule has 2 rings (SSSR count). The zero-order chi connectivity index (χ0) is 11.1. The van der Waals surface area contributed by atoms with Crippen LogP contribution in [0.3, 0.4) is 0 Å². The molecule has 3 nitrogen and oxygen atoms in total. The molecule has 1 fully saturated rings. The summed E-state index contributed by atoms with van der Waals surface area (Å²) >= 11 is 0. The second-order valence-corrected chi connectivity index (χ2v) is 4.96. The van der Waals surface area contributed by atoms with Crippen molar-refractivity contribution in [1.82, 2.24) is 9.78 Å². The van der Waals surface area contributed by atoms with E-state index in [1.807, 2.05) is 19.3 Å². The number of aromatic nitrogens is 2. The lowest BCUT2D eigenvalue weighted by Gasteiger charge is -2.40. The molecule has 3 atom stereocenters. The fraction of sp³-hybridized carbons (Fsp3) is 0.750. The van der Waals surface area contributed by atoms with E-state index in [0.29, 0.717) is 11.8 Å². The third-order valence-electron chi connectivity index (χ3n) is 3.98. The molecule has 84 valence electrons. The van der Waals surface area contributed by atoms with Gasteiger partial charge in [0.2, 0.25) is 0 Å². The van der Waals surface area contributed by atoms with Gasteiger partial charge in [-0.3, -0.25) is 4.68 Å². The summed E-state index contributed by atoms with van der Waals surface area (Å²) < 4.78 is 1.76. The average Bonchev–Trinajstić information content (AvgIpc) is 2.62. The highest BCUT2D eigenvalue weighted by molar-refractivity contribution is 5.13. The molecule has 1 aromatic heterocycles. The van der Waals surface area contributed by atoms with Crippen molar-refractivity contribution in [3.8, 4) is 0 Å². The standard InChI is InChI=1S/C12H20N2O/c1-9-5-4-7-12(15,10(9)2)11-6-8-14(3)13-11/h6,8-10,15H,4-5,7H2,1-3H3. The Kier molecular flexibility index (Phi) is 2.59. The minimum absolute atomic E-state index is 0.293. The molecule has 3 unspecified atom stereocenters. The van der Waals surface area contributed by atoms with E-state index in [0.717, 1.165) is 18.5 Å². The molecule has 1 saturated carbocycles. The maximum absolute atomic E-state index is 10.7. The van der Waals surface area contributed by atoms with E-state index in [1.165, 1.54) is 6.42 Å². The van der Waals surface area contributed by atoms with Gasteiger partial charge in [-0.1, -0.05) is 20.3 Å². The predicted molar refractivity (Wildman–Crippen MR) is 59.3 cm³/mol. The summed E-state index contributed by atoms with van der Waals surface area (Å²) in [6.07, 6.45) is 5.06. The van der Waals surface area contributed by atoms with Gasteiger partial charge in [0.05, 0.1) is 5.69 Å². The van der Waals surface area contributed by atoms with Crippen LogP contribution in [0.4, 0.5) is 0 Å². The molecule has 0 bridgehead atoms. The lowest BCUT2D eigenvalue weighted by Crippen LogP contribution is -2.40. The van der Waals surface area contributed by atoms with Gasteiger partial charge >= 0.3 is 0 Å². The van der Waals surface area contributed by atoms with Gasteiger partial charge < -0.3 is 5.11 Å². The molecule has 0 spiro atoms. The van der Waals surface area contributed by atoms with E-state index in [1.54, 1.807) is 4.68 Å². The van der Waals surface area contributed by atoms with Crippen LogP contribution in [0.15, 0.2) is 12.3 Å². The van der Waals surface area contributed by atoms with Crippen LogP contribution in [0.5, 0.6) is 0 Å². The van der Waals surface area contributed by atoms with Crippen molar-refractivity contribution in [1.29, 1.82) is 0 Å². The molecule has 0 amide bonds. The normalized spacial score (nSPS) is 36.8. The second kappa shape index (κ2) is 3.63. The minimum Gasteiger partial charge on any atom is -0.383 e. The zero-order valence-electron chi connectivity index (χ0n) is 9.77. The number of aryl methyl sites for hydroxylation is 1. The van der Waals surface area contributed by atoms with Gasteiger partial charge in [0.25, 0.3) is 0 Å². The first-order valence-electron chi connectivity index (χ1n) is 5.76. The van der Waals surface area contributed by atoms with Crippen LogP contribution in [0.2, 0.25) is 0 Å². The molecule has 0 saturated heterocycles. The molecule has 1 aromatic rings. The van der Waals surface area contributed by atoms with Crippen LogP contribution in [0.25, 0.3) is 0 Å². The predicted octanol–water partition coefficient (Wildman–Crippen LogP) is 2.06. The second-order valence-electron chi connectivity index (χ2n) is 4.96. The van der Waals surface area contributed by atoms with Crippen molar-refractivity contribution in [2.75, 3.05) is 0 Å². The van der Waals surface area contributed by atoms with E-state index in [9.17, 15) is 5.11 Å².